The number of aromatic nitrogens is 2. The molecule has 1 aromatic heterocycles. The summed E-state index contributed by atoms with van der Waals surface area (Å²) in [5.41, 5.74) is 1.85. The summed E-state index contributed by atoms with van der Waals surface area (Å²) >= 11 is 5.75. The van der Waals surface area contributed by atoms with E-state index in [0.717, 1.165) is 5.56 Å². The zero-order chi connectivity index (χ0) is 18.5. The van der Waals surface area contributed by atoms with Gasteiger partial charge in [0, 0.05) is 19.3 Å². The van der Waals surface area contributed by atoms with Gasteiger partial charge >= 0.3 is 0 Å². The van der Waals surface area contributed by atoms with Gasteiger partial charge in [0.25, 0.3) is 5.91 Å². The predicted molar refractivity (Wildman–Crippen MR) is 99.0 cm³/mol. The number of nitrogens with one attached hydrogen (secondary N) is 1. The van der Waals surface area contributed by atoms with Crippen molar-refractivity contribution in [2.75, 3.05) is 12.4 Å². The molecule has 0 aliphatic carbocycles. The van der Waals surface area contributed by atoms with Crippen LogP contribution in [0.15, 0.2) is 60.7 Å². The van der Waals surface area contributed by atoms with Crippen LogP contribution in [-0.2, 0) is 6.54 Å². The van der Waals surface area contributed by atoms with Crippen LogP contribution in [0.5, 0.6) is 0 Å². The van der Waals surface area contributed by atoms with Gasteiger partial charge in [-0.25, -0.2) is 4.39 Å². The third-order valence-corrected chi connectivity index (χ3v) is 3.97. The monoisotopic (exact) mass is 370 g/mol. The van der Waals surface area contributed by atoms with Crippen LogP contribution in [0.2, 0.25) is 5.02 Å². The quantitative estimate of drug-likeness (QED) is 0.728. The van der Waals surface area contributed by atoms with Crippen molar-refractivity contribution in [2.45, 2.75) is 6.54 Å². The van der Waals surface area contributed by atoms with Gasteiger partial charge in [-0.1, -0.05) is 41.9 Å². The van der Waals surface area contributed by atoms with Crippen LogP contribution < -0.4 is 5.32 Å². The molecule has 1 heterocycles. The molecule has 0 spiro atoms. The van der Waals surface area contributed by atoms with Gasteiger partial charge in [0.05, 0.1) is 5.02 Å². The Kier molecular flexibility index (Phi) is 5.43. The van der Waals surface area contributed by atoms with Gasteiger partial charge in [0.2, 0.25) is 0 Å². The molecular formula is C19H16ClFN4O. The van der Waals surface area contributed by atoms with Gasteiger partial charge in [0.1, 0.15) is 5.82 Å². The number of carbonyl (C=O) groups excluding carboxylic acids is 1. The highest BCUT2D eigenvalue weighted by Crippen LogP contribution is 2.21. The predicted octanol–water partition coefficient (Wildman–Crippen LogP) is 4.28. The zero-order valence-electron chi connectivity index (χ0n) is 14.0. The van der Waals surface area contributed by atoms with Crippen molar-refractivity contribution in [3.8, 4) is 0 Å². The van der Waals surface area contributed by atoms with Gasteiger partial charge in [0.15, 0.2) is 11.5 Å². The van der Waals surface area contributed by atoms with Crippen molar-refractivity contribution in [3.63, 3.8) is 0 Å². The zero-order valence-corrected chi connectivity index (χ0v) is 14.7. The molecule has 1 amide bonds. The number of nitrogens with zero attached hydrogens (tertiary/aromatic N) is 3. The molecule has 26 heavy (non-hydrogen) atoms. The molecule has 0 unspecified atom stereocenters. The molecule has 0 aliphatic heterocycles. The number of carbonyl (C=O) groups is 1. The summed E-state index contributed by atoms with van der Waals surface area (Å²) in [6.45, 7) is 0.482. The van der Waals surface area contributed by atoms with Gasteiger partial charge in [-0.2, -0.15) is 0 Å². The fourth-order valence-electron chi connectivity index (χ4n) is 2.36. The van der Waals surface area contributed by atoms with E-state index in [1.165, 1.54) is 18.2 Å². The molecule has 5 nitrogen and oxygen atoms in total. The van der Waals surface area contributed by atoms with Crippen molar-refractivity contribution in [1.82, 2.24) is 15.1 Å². The molecule has 0 aliphatic rings. The van der Waals surface area contributed by atoms with Gasteiger partial charge < -0.3 is 10.2 Å². The molecule has 3 aromatic rings. The van der Waals surface area contributed by atoms with Crippen molar-refractivity contribution in [3.05, 3.63) is 82.8 Å². The second-order valence-electron chi connectivity index (χ2n) is 5.70. The third kappa shape index (κ3) is 4.34. The van der Waals surface area contributed by atoms with E-state index in [4.69, 9.17) is 11.6 Å². The number of hydrogen-bond acceptors (Lipinski definition) is 4. The molecule has 132 valence electrons. The molecule has 0 radical (unpaired) electrons. The van der Waals surface area contributed by atoms with Crippen LogP contribution in [0.1, 0.15) is 16.1 Å². The summed E-state index contributed by atoms with van der Waals surface area (Å²) in [4.78, 5) is 14.0. The van der Waals surface area contributed by atoms with E-state index in [2.05, 4.69) is 15.5 Å². The highest BCUT2D eigenvalue weighted by atomic mass is 35.5. The second-order valence-corrected chi connectivity index (χ2v) is 6.11. The Morgan fingerprint density at radius 2 is 1.88 bits per heavy atom. The Bertz CT molecular complexity index is 903. The van der Waals surface area contributed by atoms with Crippen molar-refractivity contribution < 1.29 is 9.18 Å². The molecule has 0 saturated carbocycles. The lowest BCUT2D eigenvalue weighted by Gasteiger charge is -2.16. The maximum atomic E-state index is 13.2. The van der Waals surface area contributed by atoms with Crippen molar-refractivity contribution in [2.24, 2.45) is 0 Å². The first-order valence-electron chi connectivity index (χ1n) is 7.88. The van der Waals surface area contributed by atoms with E-state index < -0.39 is 5.82 Å². The lowest BCUT2D eigenvalue weighted by Crippen LogP contribution is -2.27. The lowest BCUT2D eigenvalue weighted by molar-refractivity contribution is 0.0778. The second kappa shape index (κ2) is 7.93. The number of amides is 1. The maximum Gasteiger partial charge on any atom is 0.274 e. The molecule has 2 aromatic carbocycles. The highest BCUT2D eigenvalue weighted by Gasteiger charge is 2.14. The molecule has 7 heteroatoms. The first-order valence-corrected chi connectivity index (χ1v) is 8.26. The number of anilines is 2. The Morgan fingerprint density at radius 1 is 1.12 bits per heavy atom. The third-order valence-electron chi connectivity index (χ3n) is 3.68. The van der Waals surface area contributed by atoms with E-state index in [-0.39, 0.29) is 16.6 Å². The number of hydrogen-bond donors (Lipinski definition) is 1. The van der Waals surface area contributed by atoms with Crippen molar-refractivity contribution >= 4 is 29.0 Å². The summed E-state index contributed by atoms with van der Waals surface area (Å²) < 4.78 is 13.2. The first-order chi connectivity index (χ1) is 12.5. The van der Waals surface area contributed by atoms with Gasteiger partial charge in [-0.15, -0.1) is 10.2 Å². The maximum absolute atomic E-state index is 13.2. The summed E-state index contributed by atoms with van der Waals surface area (Å²) in [6.07, 6.45) is 0. The average molecular weight is 371 g/mol. The normalized spacial score (nSPS) is 10.4. The summed E-state index contributed by atoms with van der Waals surface area (Å²) in [6, 6.07) is 17.2. The Balaban J connectivity index is 1.66. The van der Waals surface area contributed by atoms with E-state index in [9.17, 15) is 9.18 Å². The molecule has 0 bridgehead atoms. The van der Waals surface area contributed by atoms with Gasteiger partial charge in [-0.3, -0.25) is 4.79 Å². The molecular weight excluding hydrogens is 355 g/mol. The SMILES string of the molecule is CN(Cc1ccccc1)C(=O)c1ccc(Nc2ccc(F)c(Cl)c2)nn1. The van der Waals surface area contributed by atoms with E-state index in [0.29, 0.717) is 18.1 Å². The van der Waals surface area contributed by atoms with E-state index in [1.807, 2.05) is 30.3 Å². The number of rotatable bonds is 5. The smallest absolute Gasteiger partial charge is 0.274 e. The van der Waals surface area contributed by atoms with Crippen molar-refractivity contribution in [1.29, 1.82) is 0 Å². The Labute approximate surface area is 155 Å². The average Bonchev–Trinajstić information content (AvgIpc) is 2.65. The Hall–Kier alpha value is -2.99. The molecule has 0 atom stereocenters. The van der Waals surface area contributed by atoms with Gasteiger partial charge in [-0.05, 0) is 35.9 Å². The topological polar surface area (TPSA) is 58.1 Å². The van der Waals surface area contributed by atoms with Crippen LogP contribution in [0.25, 0.3) is 0 Å². The number of benzene rings is 2. The molecule has 3 rings (SSSR count). The highest BCUT2D eigenvalue weighted by molar-refractivity contribution is 6.31. The fourth-order valence-corrected chi connectivity index (χ4v) is 2.54. The fraction of sp³-hybridized carbons (Fsp3) is 0.105. The summed E-state index contributed by atoms with van der Waals surface area (Å²) in [5, 5.41) is 10.9. The summed E-state index contributed by atoms with van der Waals surface area (Å²) in [5.74, 6) is -0.293. The standard InChI is InChI=1S/C19H16ClFN4O/c1-25(12-13-5-3-2-4-6-13)19(26)17-9-10-18(24-23-17)22-14-7-8-16(21)15(20)11-14/h2-11H,12H2,1H3,(H,22,24). The first kappa shape index (κ1) is 17.8. The minimum Gasteiger partial charge on any atom is -0.339 e. The molecule has 0 fully saturated rings. The largest absolute Gasteiger partial charge is 0.339 e. The van der Waals surface area contributed by atoms with E-state index >= 15 is 0 Å². The summed E-state index contributed by atoms with van der Waals surface area (Å²) in [7, 11) is 1.71. The minimum atomic E-state index is -0.495. The van der Waals surface area contributed by atoms with Crippen LogP contribution in [0.4, 0.5) is 15.9 Å². The number of halogens is 2. The van der Waals surface area contributed by atoms with Crippen LogP contribution >= 0.6 is 11.6 Å². The lowest BCUT2D eigenvalue weighted by atomic mass is 10.2. The van der Waals surface area contributed by atoms with Crippen LogP contribution in [0, 0.1) is 5.82 Å². The minimum absolute atomic E-state index is 0.0114. The Morgan fingerprint density at radius 3 is 2.54 bits per heavy atom. The molecule has 0 saturated heterocycles. The van der Waals surface area contributed by atoms with E-state index in [1.54, 1.807) is 24.1 Å². The van der Waals surface area contributed by atoms with Crippen LogP contribution in [-0.4, -0.2) is 28.1 Å². The van der Waals surface area contributed by atoms with Crippen LogP contribution in [0.3, 0.4) is 0 Å². The molecule has 1 N–H and O–H groups in total.